The highest BCUT2D eigenvalue weighted by Gasteiger charge is 2.25. The van der Waals surface area contributed by atoms with Crippen LogP contribution in [0.1, 0.15) is 36.2 Å². The molecule has 0 fully saturated rings. The van der Waals surface area contributed by atoms with E-state index in [1.54, 1.807) is 24.3 Å². The number of hydrogen-bond acceptors (Lipinski definition) is 8. The Morgan fingerprint density at radius 1 is 1.11 bits per heavy atom. The Labute approximate surface area is 200 Å². The maximum atomic E-state index is 12.7. The Morgan fingerprint density at radius 2 is 1.71 bits per heavy atom. The molecule has 2 aromatic rings. The lowest BCUT2D eigenvalue weighted by Gasteiger charge is -2.19. The van der Waals surface area contributed by atoms with Crippen molar-refractivity contribution in [2.45, 2.75) is 26.3 Å². The number of nitrogens with zero attached hydrogens (tertiary/aromatic N) is 3. The van der Waals surface area contributed by atoms with Crippen LogP contribution in [0.4, 0.5) is 11.4 Å². The predicted octanol–water partition coefficient (Wildman–Crippen LogP) is 2.81. The number of nitrogens with one attached hydrogen (secondary N) is 2. The molecule has 0 aliphatic carbocycles. The number of terminal acetylenes is 1. The second-order valence-corrected chi connectivity index (χ2v) is 7.70. The number of ether oxygens (including phenoxy) is 1. The van der Waals surface area contributed by atoms with Gasteiger partial charge in [0, 0.05) is 12.1 Å². The third-order valence-electron chi connectivity index (χ3n) is 4.51. The molecule has 2 aromatic carbocycles. The van der Waals surface area contributed by atoms with Crippen LogP contribution < -0.4 is 15.5 Å². The van der Waals surface area contributed by atoms with Crippen LogP contribution in [0.25, 0.3) is 0 Å². The molecule has 2 N–H and O–H groups in total. The first-order valence-corrected chi connectivity index (χ1v) is 10.3. The highest BCUT2D eigenvalue weighted by Crippen LogP contribution is 2.23. The first-order valence-electron chi connectivity index (χ1n) is 10.3. The summed E-state index contributed by atoms with van der Waals surface area (Å²) in [5.74, 6) is 1.42. The molecule has 0 saturated carbocycles. The van der Waals surface area contributed by atoms with Crippen molar-refractivity contribution in [2.75, 3.05) is 6.61 Å². The molecule has 0 heterocycles. The smallest absolute Gasteiger partial charge is 0.277 e. The molecule has 0 spiro atoms. The van der Waals surface area contributed by atoms with E-state index in [0.717, 1.165) is 18.2 Å². The number of amides is 2. The molecular formula is C23H23N5O7. The van der Waals surface area contributed by atoms with E-state index in [-0.39, 0.29) is 24.5 Å². The van der Waals surface area contributed by atoms with Crippen LogP contribution in [0.3, 0.4) is 0 Å². The number of carbonyl (C=O) groups excluding carboxylic acids is 2. The minimum Gasteiger partial charge on any atom is -0.481 e. The van der Waals surface area contributed by atoms with Crippen molar-refractivity contribution in [3.8, 4) is 18.1 Å². The van der Waals surface area contributed by atoms with E-state index in [1.807, 2.05) is 13.8 Å². The first kappa shape index (κ1) is 26.5. The number of hydrogen-bond donors (Lipinski definition) is 2. The standard InChI is InChI=1S/C23H23N5O7/c1-4-9-35-20-7-5-16(6-8-20)14-24-26-23(30)21(10-15(2)3)25-22(29)17-11-18(27(31)32)13-19(12-17)28(33)34/h1,5-8,11-15,21H,9-10H2,2-3H3,(H,25,29)(H,26,30)/b24-14-/t21-/m0/s1. The monoisotopic (exact) mass is 481 g/mol. The van der Waals surface area contributed by atoms with Gasteiger partial charge >= 0.3 is 0 Å². The SMILES string of the molecule is C#CCOc1ccc(/C=N\NC(=O)[C@H](CC(C)C)NC(=O)c2cc([N+](=O)[O-])cc([N+](=O)[O-])c2)cc1. The number of benzene rings is 2. The number of carbonyl (C=O) groups is 2. The summed E-state index contributed by atoms with van der Waals surface area (Å²) >= 11 is 0. The van der Waals surface area contributed by atoms with Gasteiger partial charge in [-0.2, -0.15) is 5.10 Å². The minimum atomic E-state index is -1.04. The number of hydrazone groups is 1. The zero-order valence-corrected chi connectivity index (χ0v) is 19.0. The van der Waals surface area contributed by atoms with Gasteiger partial charge in [0.25, 0.3) is 23.2 Å². The van der Waals surface area contributed by atoms with Gasteiger partial charge in [-0.25, -0.2) is 5.43 Å². The Morgan fingerprint density at radius 3 is 2.23 bits per heavy atom. The average molecular weight is 481 g/mol. The van der Waals surface area contributed by atoms with E-state index >= 15 is 0 Å². The first-order chi connectivity index (χ1) is 16.6. The van der Waals surface area contributed by atoms with E-state index in [0.29, 0.717) is 11.3 Å². The van der Waals surface area contributed by atoms with Crippen LogP contribution in [0.2, 0.25) is 0 Å². The molecule has 182 valence electrons. The Kier molecular flexibility index (Phi) is 9.41. The lowest BCUT2D eigenvalue weighted by molar-refractivity contribution is -0.394. The number of non-ortho nitro benzene ring substituents is 2. The largest absolute Gasteiger partial charge is 0.481 e. The van der Waals surface area contributed by atoms with Crippen LogP contribution >= 0.6 is 0 Å². The molecule has 0 aromatic heterocycles. The van der Waals surface area contributed by atoms with Crippen molar-refractivity contribution in [2.24, 2.45) is 11.0 Å². The zero-order valence-electron chi connectivity index (χ0n) is 19.0. The predicted molar refractivity (Wildman–Crippen MR) is 127 cm³/mol. The van der Waals surface area contributed by atoms with Crippen molar-refractivity contribution >= 4 is 29.4 Å². The van der Waals surface area contributed by atoms with Crippen LogP contribution in [-0.4, -0.2) is 40.5 Å². The zero-order chi connectivity index (χ0) is 26.0. The summed E-state index contributed by atoms with van der Waals surface area (Å²) in [5, 5.41) is 28.5. The number of nitro groups is 2. The molecule has 35 heavy (non-hydrogen) atoms. The molecule has 12 nitrogen and oxygen atoms in total. The summed E-state index contributed by atoms with van der Waals surface area (Å²) < 4.78 is 5.27. The molecule has 0 saturated heterocycles. The van der Waals surface area contributed by atoms with E-state index in [1.165, 1.54) is 6.21 Å². The Balaban J connectivity index is 2.12. The summed E-state index contributed by atoms with van der Waals surface area (Å²) in [5.41, 5.74) is 1.45. The molecule has 0 aliphatic rings. The molecular weight excluding hydrogens is 458 g/mol. The van der Waals surface area contributed by atoms with Crippen molar-refractivity contribution in [3.05, 3.63) is 73.8 Å². The fraction of sp³-hybridized carbons (Fsp3) is 0.261. The highest BCUT2D eigenvalue weighted by atomic mass is 16.6. The number of rotatable bonds is 11. The van der Waals surface area contributed by atoms with Crippen LogP contribution in [-0.2, 0) is 4.79 Å². The second-order valence-electron chi connectivity index (χ2n) is 7.70. The van der Waals surface area contributed by atoms with Crippen LogP contribution in [0, 0.1) is 38.5 Å². The summed E-state index contributed by atoms with van der Waals surface area (Å²) in [6.45, 7) is 3.80. The van der Waals surface area contributed by atoms with Gasteiger partial charge in [-0.05, 0) is 42.2 Å². The molecule has 1 atom stereocenters. The van der Waals surface area contributed by atoms with E-state index in [4.69, 9.17) is 11.2 Å². The highest BCUT2D eigenvalue weighted by molar-refractivity contribution is 5.98. The lowest BCUT2D eigenvalue weighted by Crippen LogP contribution is -2.46. The van der Waals surface area contributed by atoms with Crippen LogP contribution in [0.15, 0.2) is 47.6 Å². The second kappa shape index (κ2) is 12.4. The number of nitro benzene ring substituents is 2. The Bertz CT molecular complexity index is 1140. The summed E-state index contributed by atoms with van der Waals surface area (Å²) in [6, 6.07) is 8.27. The maximum Gasteiger partial charge on any atom is 0.277 e. The molecule has 2 amide bonds. The minimum absolute atomic E-state index is 0.00923. The summed E-state index contributed by atoms with van der Waals surface area (Å²) in [6.07, 6.45) is 6.76. The van der Waals surface area contributed by atoms with Crippen LogP contribution in [0.5, 0.6) is 5.75 Å². The van der Waals surface area contributed by atoms with Gasteiger partial charge in [-0.3, -0.25) is 29.8 Å². The van der Waals surface area contributed by atoms with Gasteiger partial charge in [0.1, 0.15) is 18.4 Å². The van der Waals surface area contributed by atoms with Gasteiger partial charge in [-0.1, -0.05) is 19.8 Å². The summed E-state index contributed by atoms with van der Waals surface area (Å²) in [4.78, 5) is 45.8. The summed E-state index contributed by atoms with van der Waals surface area (Å²) in [7, 11) is 0. The van der Waals surface area contributed by atoms with Crippen molar-refractivity contribution < 1.29 is 24.2 Å². The van der Waals surface area contributed by atoms with Gasteiger partial charge in [0.05, 0.1) is 27.7 Å². The molecule has 2 rings (SSSR count). The van der Waals surface area contributed by atoms with E-state index < -0.39 is 39.1 Å². The molecule has 0 bridgehead atoms. The van der Waals surface area contributed by atoms with E-state index in [9.17, 15) is 29.8 Å². The molecule has 12 heteroatoms. The van der Waals surface area contributed by atoms with Crippen molar-refractivity contribution in [3.63, 3.8) is 0 Å². The normalized spacial score (nSPS) is 11.5. The van der Waals surface area contributed by atoms with Crippen molar-refractivity contribution in [1.29, 1.82) is 0 Å². The van der Waals surface area contributed by atoms with Gasteiger partial charge in [0.2, 0.25) is 0 Å². The van der Waals surface area contributed by atoms with Gasteiger partial charge in [-0.15, -0.1) is 6.42 Å². The molecule has 0 radical (unpaired) electrons. The molecule has 0 unspecified atom stereocenters. The maximum absolute atomic E-state index is 12.7. The average Bonchev–Trinajstić information content (AvgIpc) is 2.82. The molecule has 0 aliphatic heterocycles. The Hall–Kier alpha value is -4.79. The topological polar surface area (TPSA) is 166 Å². The lowest BCUT2D eigenvalue weighted by atomic mass is 10.0. The fourth-order valence-electron chi connectivity index (χ4n) is 2.91. The van der Waals surface area contributed by atoms with Crippen molar-refractivity contribution in [1.82, 2.24) is 10.7 Å². The third-order valence-corrected chi connectivity index (χ3v) is 4.51. The quantitative estimate of drug-likeness (QED) is 0.215. The van der Waals surface area contributed by atoms with Gasteiger partial charge in [0.15, 0.2) is 0 Å². The third kappa shape index (κ3) is 8.25. The van der Waals surface area contributed by atoms with Gasteiger partial charge < -0.3 is 10.1 Å². The fourth-order valence-corrected chi connectivity index (χ4v) is 2.91. The van der Waals surface area contributed by atoms with E-state index in [2.05, 4.69) is 21.8 Å².